The van der Waals surface area contributed by atoms with Gasteiger partial charge in [0.25, 0.3) is 0 Å². The Morgan fingerprint density at radius 3 is 2.72 bits per heavy atom. The molecule has 3 aromatic rings. The van der Waals surface area contributed by atoms with E-state index in [1.54, 1.807) is 16.8 Å². The first-order valence-corrected chi connectivity index (χ1v) is 9.61. The monoisotopic (exact) mass is 400 g/mol. The molecule has 1 saturated heterocycles. The quantitative estimate of drug-likeness (QED) is 0.635. The summed E-state index contributed by atoms with van der Waals surface area (Å²) >= 11 is 0. The fraction of sp³-hybridized carbons (Fsp3) is 0.400. The third-order valence-corrected chi connectivity index (χ3v) is 5.17. The molecule has 0 aliphatic carbocycles. The smallest absolute Gasteiger partial charge is 0.247 e. The Balaban J connectivity index is 1.49. The van der Waals surface area contributed by atoms with Crippen molar-refractivity contribution in [2.75, 3.05) is 52.1 Å². The van der Waals surface area contributed by atoms with Crippen LogP contribution in [0, 0.1) is 12.7 Å². The highest BCUT2D eigenvalue weighted by molar-refractivity contribution is 5.67. The minimum Gasteiger partial charge on any atom is -0.490 e. The zero-order valence-electron chi connectivity index (χ0n) is 16.6. The zero-order chi connectivity index (χ0) is 20.4. The fourth-order valence-electron chi connectivity index (χ4n) is 3.39. The van der Waals surface area contributed by atoms with Crippen molar-refractivity contribution in [2.45, 2.75) is 6.92 Å². The van der Waals surface area contributed by atoms with Crippen molar-refractivity contribution >= 4 is 11.2 Å². The molecule has 0 spiro atoms. The first kappa shape index (κ1) is 19.4. The number of aromatic nitrogens is 3. The van der Waals surface area contributed by atoms with Gasteiger partial charge in [-0.05, 0) is 26.1 Å². The lowest BCUT2D eigenvalue weighted by Crippen LogP contribution is -2.45. The molecule has 2 aromatic heterocycles. The third-order valence-electron chi connectivity index (χ3n) is 5.17. The van der Waals surface area contributed by atoms with Gasteiger partial charge >= 0.3 is 0 Å². The van der Waals surface area contributed by atoms with Gasteiger partial charge in [-0.15, -0.1) is 0 Å². The number of nitrogens with zero attached hydrogens (tertiary/aromatic N) is 5. The van der Waals surface area contributed by atoms with Gasteiger partial charge in [-0.1, -0.05) is 0 Å². The van der Waals surface area contributed by atoms with E-state index in [2.05, 4.69) is 26.9 Å². The van der Waals surface area contributed by atoms with Gasteiger partial charge in [0.1, 0.15) is 24.2 Å². The lowest BCUT2D eigenvalue weighted by molar-refractivity contribution is 0.133. The average Bonchev–Trinajstić information content (AvgIpc) is 3.02. The summed E-state index contributed by atoms with van der Waals surface area (Å²) in [7, 11) is 2.14. The second-order valence-electron chi connectivity index (χ2n) is 7.26. The highest BCUT2D eigenvalue weighted by Gasteiger charge is 2.18. The molecule has 8 nitrogen and oxygen atoms in total. The largest absolute Gasteiger partial charge is 0.490 e. The maximum Gasteiger partial charge on any atom is 0.247 e. The van der Waals surface area contributed by atoms with E-state index in [0.717, 1.165) is 38.3 Å². The van der Waals surface area contributed by atoms with Gasteiger partial charge in [-0.2, -0.15) is 10.1 Å². The molecule has 0 radical (unpaired) electrons. The summed E-state index contributed by atoms with van der Waals surface area (Å²) in [4.78, 5) is 8.90. The molecule has 2 N–H and O–H groups in total. The Hall–Kier alpha value is -2.91. The summed E-state index contributed by atoms with van der Waals surface area (Å²) < 4.78 is 27.5. The van der Waals surface area contributed by atoms with E-state index in [4.69, 9.17) is 15.2 Å². The Labute approximate surface area is 168 Å². The number of nitrogen functional groups attached to an aromatic ring is 1. The summed E-state index contributed by atoms with van der Waals surface area (Å²) in [5.41, 5.74) is 7.41. The first-order chi connectivity index (χ1) is 14.0. The van der Waals surface area contributed by atoms with Crippen LogP contribution in [0.2, 0.25) is 0 Å². The molecule has 1 aromatic carbocycles. The minimum absolute atomic E-state index is 0.0536. The van der Waals surface area contributed by atoms with Gasteiger partial charge < -0.3 is 20.1 Å². The van der Waals surface area contributed by atoms with Crippen LogP contribution in [0.5, 0.6) is 17.4 Å². The lowest BCUT2D eigenvalue weighted by Gasteiger charge is -2.32. The highest BCUT2D eigenvalue weighted by Crippen LogP contribution is 2.33. The maximum atomic E-state index is 14.1. The van der Waals surface area contributed by atoms with E-state index in [-0.39, 0.29) is 11.6 Å². The van der Waals surface area contributed by atoms with Crippen molar-refractivity contribution in [3.8, 4) is 17.4 Å². The zero-order valence-corrected chi connectivity index (χ0v) is 16.6. The molecule has 9 heteroatoms. The number of likely N-dealkylation sites (N-methyl/N-ethyl adjacent to an activating group) is 1. The van der Waals surface area contributed by atoms with Crippen LogP contribution in [-0.2, 0) is 0 Å². The van der Waals surface area contributed by atoms with Crippen molar-refractivity contribution in [3.05, 3.63) is 42.1 Å². The number of halogens is 1. The minimum atomic E-state index is -0.547. The van der Waals surface area contributed by atoms with E-state index in [1.807, 2.05) is 6.92 Å². The molecular weight excluding hydrogens is 375 g/mol. The van der Waals surface area contributed by atoms with E-state index in [9.17, 15) is 4.39 Å². The predicted octanol–water partition coefficient (Wildman–Crippen LogP) is 2.18. The standard InChI is InChI=1S/C20H25FN6O2/c1-14-18(28-10-9-26-7-5-25(2)6-8-26)12-27-19(14)20(23-13-24-27)29-17-4-3-15(22)11-16(17)21/h3-4,11-13H,5-10,22H2,1-2H3. The molecule has 1 aliphatic heterocycles. The summed E-state index contributed by atoms with van der Waals surface area (Å²) in [5.74, 6) is 0.477. The summed E-state index contributed by atoms with van der Waals surface area (Å²) in [6.07, 6.45) is 3.16. The van der Waals surface area contributed by atoms with Gasteiger partial charge in [0.05, 0.1) is 6.20 Å². The Morgan fingerprint density at radius 2 is 1.97 bits per heavy atom. The third kappa shape index (κ3) is 4.25. The van der Waals surface area contributed by atoms with Crippen LogP contribution in [0.4, 0.5) is 10.1 Å². The van der Waals surface area contributed by atoms with Gasteiger partial charge in [-0.25, -0.2) is 8.91 Å². The van der Waals surface area contributed by atoms with Crippen LogP contribution in [0.25, 0.3) is 5.52 Å². The summed E-state index contributed by atoms with van der Waals surface area (Å²) in [6, 6.07) is 4.27. The molecule has 0 bridgehead atoms. The van der Waals surface area contributed by atoms with Gasteiger partial charge in [0, 0.05) is 50.0 Å². The van der Waals surface area contributed by atoms with Crippen LogP contribution in [0.1, 0.15) is 5.56 Å². The molecule has 29 heavy (non-hydrogen) atoms. The van der Waals surface area contributed by atoms with Crippen molar-refractivity contribution in [2.24, 2.45) is 0 Å². The summed E-state index contributed by atoms with van der Waals surface area (Å²) in [5, 5.41) is 4.22. The normalized spacial score (nSPS) is 15.7. The topological polar surface area (TPSA) is 81.2 Å². The number of aryl methyl sites for hydroxylation is 1. The fourth-order valence-corrected chi connectivity index (χ4v) is 3.39. The second kappa shape index (κ2) is 8.22. The molecule has 0 atom stereocenters. The van der Waals surface area contributed by atoms with E-state index >= 15 is 0 Å². The number of piperazine rings is 1. The number of rotatable bonds is 6. The van der Waals surface area contributed by atoms with Crippen molar-refractivity contribution in [1.29, 1.82) is 0 Å². The number of benzene rings is 1. The predicted molar refractivity (Wildman–Crippen MR) is 108 cm³/mol. The van der Waals surface area contributed by atoms with Crippen LogP contribution in [-0.4, -0.2) is 70.8 Å². The van der Waals surface area contributed by atoms with E-state index in [1.165, 1.54) is 18.5 Å². The van der Waals surface area contributed by atoms with E-state index < -0.39 is 5.82 Å². The molecule has 0 unspecified atom stereocenters. The summed E-state index contributed by atoms with van der Waals surface area (Å²) in [6.45, 7) is 7.61. The molecule has 3 heterocycles. The van der Waals surface area contributed by atoms with Crippen molar-refractivity contribution in [1.82, 2.24) is 24.4 Å². The molecule has 1 fully saturated rings. The molecule has 4 rings (SSSR count). The van der Waals surface area contributed by atoms with Crippen LogP contribution < -0.4 is 15.2 Å². The number of hydrogen-bond donors (Lipinski definition) is 1. The lowest BCUT2D eigenvalue weighted by atomic mass is 10.3. The van der Waals surface area contributed by atoms with Gasteiger partial charge in [0.15, 0.2) is 11.6 Å². The highest BCUT2D eigenvalue weighted by atomic mass is 19.1. The number of fused-ring (bicyclic) bond motifs is 1. The van der Waals surface area contributed by atoms with Crippen LogP contribution in [0.15, 0.2) is 30.7 Å². The number of anilines is 1. The molecule has 1 aliphatic rings. The number of hydrogen-bond acceptors (Lipinski definition) is 7. The van der Waals surface area contributed by atoms with Gasteiger partial charge in [-0.3, -0.25) is 4.90 Å². The van der Waals surface area contributed by atoms with Crippen molar-refractivity contribution < 1.29 is 13.9 Å². The van der Waals surface area contributed by atoms with Crippen LogP contribution >= 0.6 is 0 Å². The number of ether oxygens (including phenoxy) is 2. The Bertz CT molecular complexity index is 1000. The molecule has 0 amide bonds. The Morgan fingerprint density at radius 1 is 1.17 bits per heavy atom. The van der Waals surface area contributed by atoms with Gasteiger partial charge in [0.2, 0.25) is 5.88 Å². The van der Waals surface area contributed by atoms with Crippen molar-refractivity contribution in [3.63, 3.8) is 0 Å². The average molecular weight is 400 g/mol. The maximum absolute atomic E-state index is 14.1. The molecule has 0 saturated carbocycles. The Kier molecular flexibility index (Phi) is 5.50. The molecule has 154 valence electrons. The SMILES string of the molecule is Cc1c(OCCN2CCN(C)CC2)cn2ncnc(Oc3ccc(N)cc3F)c12. The van der Waals surface area contributed by atoms with Crippen LogP contribution in [0.3, 0.4) is 0 Å². The first-order valence-electron chi connectivity index (χ1n) is 9.61. The number of nitrogens with two attached hydrogens (primary N) is 1. The second-order valence-corrected chi connectivity index (χ2v) is 7.26. The molecular formula is C20H25FN6O2. The van der Waals surface area contributed by atoms with E-state index in [0.29, 0.717) is 23.6 Å².